The first-order valence-electron chi connectivity index (χ1n) is 12.0. The SMILES string of the molecule is CCCCc1[nH]c(=O)c(Sc2ccc(-c3ccncc3C)cc2)c(O)c1N(C)c1ccc(OC)cc1. The molecule has 2 heterocycles. The Morgan fingerprint density at radius 3 is 2.44 bits per heavy atom. The Morgan fingerprint density at radius 1 is 1.08 bits per heavy atom. The average molecular weight is 502 g/mol. The van der Waals surface area contributed by atoms with Crippen LogP contribution in [-0.4, -0.2) is 29.2 Å². The van der Waals surface area contributed by atoms with Crippen molar-refractivity contribution in [3.05, 3.63) is 88.6 Å². The Bertz CT molecular complexity index is 1380. The number of methoxy groups -OCH3 is 1. The highest BCUT2D eigenvalue weighted by Gasteiger charge is 2.22. The van der Waals surface area contributed by atoms with Gasteiger partial charge >= 0.3 is 0 Å². The lowest BCUT2D eigenvalue weighted by Crippen LogP contribution is -2.19. The number of benzene rings is 2. The van der Waals surface area contributed by atoms with E-state index in [4.69, 9.17) is 4.74 Å². The number of aromatic hydroxyl groups is 1. The van der Waals surface area contributed by atoms with Crippen LogP contribution in [0, 0.1) is 6.92 Å². The number of H-pyrrole nitrogens is 1. The van der Waals surface area contributed by atoms with Crippen LogP contribution in [0.5, 0.6) is 11.5 Å². The van der Waals surface area contributed by atoms with E-state index in [0.29, 0.717) is 12.1 Å². The molecule has 0 atom stereocenters. The summed E-state index contributed by atoms with van der Waals surface area (Å²) in [6, 6.07) is 17.6. The van der Waals surface area contributed by atoms with E-state index in [1.807, 2.05) is 79.7 Å². The maximum absolute atomic E-state index is 13.1. The Hall–Kier alpha value is -3.71. The first-order valence-corrected chi connectivity index (χ1v) is 12.8. The number of hydrogen-bond donors (Lipinski definition) is 2. The molecule has 4 aromatic rings. The van der Waals surface area contributed by atoms with Crippen LogP contribution in [0.15, 0.2) is 81.6 Å². The molecule has 7 heteroatoms. The number of hydrogen-bond acceptors (Lipinski definition) is 6. The van der Waals surface area contributed by atoms with Crippen LogP contribution in [0.3, 0.4) is 0 Å². The molecule has 2 aromatic heterocycles. The zero-order chi connectivity index (χ0) is 25.7. The lowest BCUT2D eigenvalue weighted by Gasteiger charge is -2.25. The molecular weight excluding hydrogens is 470 g/mol. The lowest BCUT2D eigenvalue weighted by molar-refractivity contribution is 0.415. The molecule has 0 spiro atoms. The van der Waals surface area contributed by atoms with E-state index in [1.54, 1.807) is 13.3 Å². The zero-order valence-corrected chi connectivity index (χ0v) is 21.9. The third-order valence-corrected chi connectivity index (χ3v) is 7.27. The summed E-state index contributed by atoms with van der Waals surface area (Å²) in [6.07, 6.45) is 6.18. The van der Waals surface area contributed by atoms with Gasteiger partial charge in [-0.15, -0.1) is 0 Å². The maximum Gasteiger partial charge on any atom is 0.266 e. The van der Waals surface area contributed by atoms with Crippen LogP contribution in [-0.2, 0) is 6.42 Å². The minimum absolute atomic E-state index is 0.0118. The fourth-order valence-electron chi connectivity index (χ4n) is 4.15. The standard InChI is InChI=1S/C29H31N3O3S/c1-5-6-7-25-26(32(3)21-10-12-22(35-4)13-11-21)27(33)28(29(34)31-25)36-23-14-8-20(9-15-23)24-16-17-30-18-19(24)2/h8-18H,5-7H2,1-4H3,(H2,31,33,34). The fraction of sp³-hybridized carbons (Fsp3) is 0.241. The molecule has 0 saturated carbocycles. The van der Waals surface area contributed by atoms with Crippen molar-refractivity contribution in [1.29, 1.82) is 0 Å². The van der Waals surface area contributed by atoms with Gasteiger partial charge < -0.3 is 19.7 Å². The number of anilines is 2. The largest absolute Gasteiger partial charge is 0.504 e. The summed E-state index contributed by atoms with van der Waals surface area (Å²) in [7, 11) is 3.52. The van der Waals surface area contributed by atoms with E-state index < -0.39 is 0 Å². The number of rotatable bonds is 9. The number of aryl methyl sites for hydroxylation is 2. The fourth-order valence-corrected chi connectivity index (χ4v) is 5.00. The van der Waals surface area contributed by atoms with Crippen molar-refractivity contribution >= 4 is 23.1 Å². The highest BCUT2D eigenvalue weighted by atomic mass is 32.2. The van der Waals surface area contributed by atoms with E-state index in [0.717, 1.165) is 51.6 Å². The van der Waals surface area contributed by atoms with Crippen molar-refractivity contribution in [2.24, 2.45) is 0 Å². The summed E-state index contributed by atoms with van der Waals surface area (Å²) < 4.78 is 5.28. The topological polar surface area (TPSA) is 78.5 Å². The first kappa shape index (κ1) is 25.4. The number of aromatic amines is 1. The van der Waals surface area contributed by atoms with Gasteiger partial charge in [-0.2, -0.15) is 0 Å². The van der Waals surface area contributed by atoms with Crippen LogP contribution in [0.4, 0.5) is 11.4 Å². The van der Waals surface area contributed by atoms with Gasteiger partial charge in [0.1, 0.15) is 16.3 Å². The minimum Gasteiger partial charge on any atom is -0.504 e. The van der Waals surface area contributed by atoms with Gasteiger partial charge in [-0.25, -0.2) is 0 Å². The Kier molecular flexibility index (Phi) is 8.00. The number of nitrogens with zero attached hydrogens (tertiary/aromatic N) is 2. The Labute approximate surface area is 216 Å². The van der Waals surface area contributed by atoms with E-state index in [1.165, 1.54) is 11.8 Å². The molecule has 0 amide bonds. The van der Waals surface area contributed by atoms with Gasteiger partial charge in [-0.05, 0) is 78.9 Å². The van der Waals surface area contributed by atoms with E-state index in [2.05, 4.69) is 16.9 Å². The highest BCUT2D eigenvalue weighted by molar-refractivity contribution is 7.99. The van der Waals surface area contributed by atoms with Crippen molar-refractivity contribution in [3.8, 4) is 22.6 Å². The van der Waals surface area contributed by atoms with Gasteiger partial charge in [-0.1, -0.05) is 37.2 Å². The van der Waals surface area contributed by atoms with E-state index in [9.17, 15) is 9.90 Å². The van der Waals surface area contributed by atoms with Crippen LogP contribution >= 0.6 is 11.8 Å². The third-order valence-electron chi connectivity index (χ3n) is 6.18. The average Bonchev–Trinajstić information content (AvgIpc) is 2.90. The first-order chi connectivity index (χ1) is 17.4. The van der Waals surface area contributed by atoms with Crippen molar-refractivity contribution in [1.82, 2.24) is 9.97 Å². The molecule has 36 heavy (non-hydrogen) atoms. The van der Waals surface area contributed by atoms with Crippen molar-refractivity contribution in [2.75, 3.05) is 19.1 Å². The van der Waals surface area contributed by atoms with Gasteiger partial charge in [0.2, 0.25) is 0 Å². The molecule has 2 aromatic carbocycles. The normalized spacial score (nSPS) is 10.9. The summed E-state index contributed by atoms with van der Waals surface area (Å²) >= 11 is 1.26. The second-order valence-electron chi connectivity index (χ2n) is 8.64. The molecule has 0 aliphatic carbocycles. The number of aromatic nitrogens is 2. The molecular formula is C29H31N3O3S. The highest BCUT2D eigenvalue weighted by Crippen LogP contribution is 2.42. The smallest absolute Gasteiger partial charge is 0.266 e. The summed E-state index contributed by atoms with van der Waals surface area (Å²) in [4.78, 5) is 23.3. The number of nitrogens with one attached hydrogen (secondary N) is 1. The van der Waals surface area contributed by atoms with Gasteiger partial charge in [0.05, 0.1) is 7.11 Å². The predicted molar refractivity (Wildman–Crippen MR) is 147 cm³/mol. The number of ether oxygens (including phenoxy) is 1. The van der Waals surface area contributed by atoms with Gasteiger partial charge in [-0.3, -0.25) is 9.78 Å². The molecule has 0 radical (unpaired) electrons. The van der Waals surface area contributed by atoms with Crippen molar-refractivity contribution in [3.63, 3.8) is 0 Å². The van der Waals surface area contributed by atoms with Gasteiger partial charge in [0, 0.05) is 35.7 Å². The minimum atomic E-state index is -0.287. The van der Waals surface area contributed by atoms with Crippen LogP contribution in [0.25, 0.3) is 11.1 Å². The molecule has 0 fully saturated rings. The zero-order valence-electron chi connectivity index (χ0n) is 21.0. The molecule has 0 unspecified atom stereocenters. The molecule has 2 N–H and O–H groups in total. The molecule has 186 valence electrons. The van der Waals surface area contributed by atoms with Crippen LogP contribution in [0.1, 0.15) is 31.0 Å². The van der Waals surface area contributed by atoms with E-state index in [-0.39, 0.29) is 16.2 Å². The molecule has 6 nitrogen and oxygen atoms in total. The third kappa shape index (κ3) is 5.41. The molecule has 0 bridgehead atoms. The predicted octanol–water partition coefficient (Wildman–Crippen LogP) is 6.72. The molecule has 4 rings (SSSR count). The quantitative estimate of drug-likeness (QED) is 0.265. The summed E-state index contributed by atoms with van der Waals surface area (Å²) in [5.74, 6) is 0.743. The van der Waals surface area contributed by atoms with Crippen molar-refractivity contribution in [2.45, 2.75) is 42.9 Å². The maximum atomic E-state index is 13.1. The van der Waals surface area contributed by atoms with Gasteiger partial charge in [0.15, 0.2) is 5.75 Å². The Morgan fingerprint density at radius 2 is 1.81 bits per heavy atom. The Balaban J connectivity index is 1.70. The van der Waals surface area contributed by atoms with E-state index >= 15 is 0 Å². The number of pyridine rings is 2. The molecule has 0 saturated heterocycles. The second kappa shape index (κ2) is 11.4. The second-order valence-corrected chi connectivity index (χ2v) is 9.72. The molecule has 0 aliphatic heterocycles. The van der Waals surface area contributed by atoms with Gasteiger partial charge in [0.25, 0.3) is 5.56 Å². The lowest BCUT2D eigenvalue weighted by atomic mass is 10.0. The monoisotopic (exact) mass is 501 g/mol. The summed E-state index contributed by atoms with van der Waals surface area (Å²) in [5.41, 5.74) is 5.22. The van der Waals surface area contributed by atoms with Crippen LogP contribution in [0.2, 0.25) is 0 Å². The summed E-state index contributed by atoms with van der Waals surface area (Å²) in [6.45, 7) is 4.13. The number of unbranched alkanes of at least 4 members (excludes halogenated alkanes) is 1. The van der Waals surface area contributed by atoms with Crippen molar-refractivity contribution < 1.29 is 9.84 Å². The van der Waals surface area contributed by atoms with Crippen LogP contribution < -0.4 is 15.2 Å². The summed E-state index contributed by atoms with van der Waals surface area (Å²) in [5, 5.41) is 11.4. The molecule has 0 aliphatic rings.